The van der Waals surface area contributed by atoms with Crippen molar-refractivity contribution < 1.29 is 14.4 Å². The number of piperidine rings is 1. The van der Waals surface area contributed by atoms with Gasteiger partial charge in [0.25, 0.3) is 0 Å². The van der Waals surface area contributed by atoms with E-state index in [4.69, 9.17) is 0 Å². The Morgan fingerprint density at radius 2 is 1.90 bits per heavy atom. The summed E-state index contributed by atoms with van der Waals surface area (Å²) in [5, 5.41) is 2.74. The first-order chi connectivity index (χ1) is 9.52. The lowest BCUT2D eigenvalue weighted by Gasteiger charge is -2.23. The van der Waals surface area contributed by atoms with Crippen molar-refractivity contribution >= 4 is 17.5 Å². The molecule has 0 bridgehead atoms. The van der Waals surface area contributed by atoms with Gasteiger partial charge in [-0.05, 0) is 19.8 Å². The van der Waals surface area contributed by atoms with Gasteiger partial charge in [-0.3, -0.25) is 14.4 Å². The molecular formula is C16H17NO3. The molecule has 1 unspecified atom stereocenters. The van der Waals surface area contributed by atoms with Crippen LogP contribution in [0.25, 0.3) is 0 Å². The van der Waals surface area contributed by atoms with Gasteiger partial charge < -0.3 is 5.32 Å². The molecule has 0 radical (unpaired) electrons. The van der Waals surface area contributed by atoms with Gasteiger partial charge in [-0.25, -0.2) is 0 Å². The molecule has 1 fully saturated rings. The van der Waals surface area contributed by atoms with E-state index in [1.165, 1.54) is 6.92 Å². The lowest BCUT2D eigenvalue weighted by atomic mass is 9.85. The molecule has 1 amide bonds. The monoisotopic (exact) mass is 271 g/mol. The van der Waals surface area contributed by atoms with E-state index in [2.05, 4.69) is 11.9 Å². The summed E-state index contributed by atoms with van der Waals surface area (Å²) >= 11 is 0. The van der Waals surface area contributed by atoms with E-state index in [9.17, 15) is 14.4 Å². The second-order valence-corrected chi connectivity index (χ2v) is 4.94. The quantitative estimate of drug-likeness (QED) is 0.674. The van der Waals surface area contributed by atoms with Gasteiger partial charge >= 0.3 is 0 Å². The summed E-state index contributed by atoms with van der Waals surface area (Å²) in [5.41, 5.74) is 0.953. The highest BCUT2D eigenvalue weighted by atomic mass is 16.2. The van der Waals surface area contributed by atoms with Crippen LogP contribution in [-0.4, -0.2) is 24.0 Å². The highest BCUT2D eigenvalue weighted by molar-refractivity contribution is 6.16. The molecule has 0 aliphatic carbocycles. The molecule has 1 atom stereocenters. The molecule has 2 rings (SSSR count). The smallest absolute Gasteiger partial charge is 0.227 e. The maximum atomic E-state index is 12.5. The van der Waals surface area contributed by atoms with Gasteiger partial charge in [0.2, 0.25) is 5.91 Å². The Morgan fingerprint density at radius 3 is 2.50 bits per heavy atom. The first-order valence-electron chi connectivity index (χ1n) is 6.63. The van der Waals surface area contributed by atoms with Crippen molar-refractivity contribution in [2.24, 2.45) is 5.92 Å². The van der Waals surface area contributed by atoms with Crippen LogP contribution in [-0.2, 0) is 4.79 Å². The maximum Gasteiger partial charge on any atom is 0.227 e. The zero-order valence-corrected chi connectivity index (χ0v) is 11.4. The molecule has 1 aromatic rings. The van der Waals surface area contributed by atoms with E-state index in [-0.39, 0.29) is 23.0 Å². The fourth-order valence-corrected chi connectivity index (χ4v) is 2.42. The van der Waals surface area contributed by atoms with Crippen molar-refractivity contribution in [2.75, 3.05) is 6.54 Å². The minimum atomic E-state index is -0.490. The van der Waals surface area contributed by atoms with E-state index in [1.54, 1.807) is 24.3 Å². The van der Waals surface area contributed by atoms with Crippen LogP contribution >= 0.6 is 0 Å². The molecule has 1 aromatic carbocycles. The zero-order valence-electron chi connectivity index (χ0n) is 11.4. The largest absolute Gasteiger partial charge is 0.356 e. The third-order valence-electron chi connectivity index (χ3n) is 3.55. The molecule has 104 valence electrons. The Labute approximate surface area is 117 Å². The number of benzene rings is 1. The van der Waals surface area contributed by atoms with E-state index in [1.807, 2.05) is 0 Å². The van der Waals surface area contributed by atoms with Crippen molar-refractivity contribution in [1.29, 1.82) is 0 Å². The van der Waals surface area contributed by atoms with Crippen molar-refractivity contribution in [3.8, 4) is 0 Å². The Hall–Kier alpha value is -2.23. The molecule has 1 aliphatic heterocycles. The average Bonchev–Trinajstić information content (AvgIpc) is 2.46. The predicted molar refractivity (Wildman–Crippen MR) is 75.7 cm³/mol. The van der Waals surface area contributed by atoms with Crippen LogP contribution in [0.2, 0.25) is 0 Å². The van der Waals surface area contributed by atoms with E-state index in [0.717, 1.165) is 6.42 Å². The number of hydrogen-bond acceptors (Lipinski definition) is 3. The summed E-state index contributed by atoms with van der Waals surface area (Å²) in [7, 11) is 0. The van der Waals surface area contributed by atoms with Gasteiger partial charge in [-0.1, -0.05) is 30.8 Å². The average molecular weight is 271 g/mol. The molecule has 20 heavy (non-hydrogen) atoms. The lowest BCUT2D eigenvalue weighted by molar-refractivity contribution is -0.125. The molecule has 0 aromatic heterocycles. The van der Waals surface area contributed by atoms with Gasteiger partial charge in [-0.2, -0.15) is 0 Å². The van der Waals surface area contributed by atoms with Gasteiger partial charge in [0.15, 0.2) is 11.6 Å². The first-order valence-corrected chi connectivity index (χ1v) is 6.63. The summed E-state index contributed by atoms with van der Waals surface area (Å²) < 4.78 is 0. The number of nitrogens with one attached hydrogen (secondary N) is 1. The summed E-state index contributed by atoms with van der Waals surface area (Å²) in [4.78, 5) is 35.9. The second kappa shape index (κ2) is 5.82. The van der Waals surface area contributed by atoms with Crippen LogP contribution in [0.1, 0.15) is 40.5 Å². The highest BCUT2D eigenvalue weighted by Crippen LogP contribution is 2.24. The molecule has 0 saturated carbocycles. The number of hydrogen-bond donors (Lipinski definition) is 1. The maximum absolute atomic E-state index is 12.5. The van der Waals surface area contributed by atoms with Gasteiger partial charge in [0.1, 0.15) is 0 Å². The van der Waals surface area contributed by atoms with E-state index >= 15 is 0 Å². The molecule has 1 heterocycles. The highest BCUT2D eigenvalue weighted by Gasteiger charge is 2.29. The number of rotatable bonds is 4. The Morgan fingerprint density at radius 1 is 1.25 bits per heavy atom. The fraction of sp³-hybridized carbons (Fsp3) is 0.312. The predicted octanol–water partition coefficient (Wildman–Crippen LogP) is 2.15. The number of carbonyl (C=O) groups excluding carboxylic acids is 3. The normalized spacial score (nSPS) is 18.2. The molecule has 1 saturated heterocycles. The zero-order chi connectivity index (χ0) is 14.7. The summed E-state index contributed by atoms with van der Waals surface area (Å²) in [6, 6.07) is 6.63. The van der Waals surface area contributed by atoms with Crippen molar-refractivity contribution in [1.82, 2.24) is 5.32 Å². The molecule has 1 aliphatic rings. The van der Waals surface area contributed by atoms with Crippen LogP contribution in [0.3, 0.4) is 0 Å². The standard InChI is InChI=1S/C16H17NO3/c1-10(12-8-5-9-17-16(12)20)15(19)14-7-4-3-6-13(14)11(2)18/h3-4,6-7,12H,1,5,8-9H2,2H3,(H,17,20). The number of amides is 1. The lowest BCUT2D eigenvalue weighted by Crippen LogP contribution is -2.38. The summed E-state index contributed by atoms with van der Waals surface area (Å²) in [5.74, 6) is -1.14. The molecule has 4 heteroatoms. The van der Waals surface area contributed by atoms with Crippen LogP contribution in [0, 0.1) is 5.92 Å². The minimum Gasteiger partial charge on any atom is -0.356 e. The summed E-state index contributed by atoms with van der Waals surface area (Å²) in [6.45, 7) is 5.84. The van der Waals surface area contributed by atoms with Crippen molar-refractivity contribution in [2.45, 2.75) is 19.8 Å². The second-order valence-electron chi connectivity index (χ2n) is 4.94. The van der Waals surface area contributed by atoms with Gasteiger partial charge in [0.05, 0.1) is 5.92 Å². The Kier molecular flexibility index (Phi) is 4.13. The fourth-order valence-electron chi connectivity index (χ4n) is 2.42. The van der Waals surface area contributed by atoms with E-state index in [0.29, 0.717) is 24.1 Å². The first kappa shape index (κ1) is 14.2. The number of ketones is 2. The van der Waals surface area contributed by atoms with Gasteiger partial charge in [0, 0.05) is 23.2 Å². The number of Topliss-reactive ketones (excluding diaryl/α,β-unsaturated/α-hetero) is 2. The van der Waals surface area contributed by atoms with Crippen molar-refractivity contribution in [3.05, 3.63) is 47.5 Å². The van der Waals surface area contributed by atoms with Gasteiger partial charge in [-0.15, -0.1) is 0 Å². The Bertz CT molecular complexity index is 589. The Balaban J connectivity index is 2.29. The summed E-state index contributed by atoms with van der Waals surface area (Å²) in [6.07, 6.45) is 1.45. The topological polar surface area (TPSA) is 63.2 Å². The SMILES string of the molecule is C=C(C(=O)c1ccccc1C(C)=O)C1CCCNC1=O. The minimum absolute atomic E-state index is 0.157. The van der Waals surface area contributed by atoms with Crippen LogP contribution in [0.4, 0.5) is 0 Å². The van der Waals surface area contributed by atoms with Crippen LogP contribution in [0.15, 0.2) is 36.4 Å². The third kappa shape index (κ3) is 2.69. The van der Waals surface area contributed by atoms with E-state index < -0.39 is 5.92 Å². The molecule has 1 N–H and O–H groups in total. The number of carbonyl (C=O) groups is 3. The molecule has 0 spiro atoms. The van der Waals surface area contributed by atoms with Crippen LogP contribution < -0.4 is 5.32 Å². The van der Waals surface area contributed by atoms with Crippen LogP contribution in [0.5, 0.6) is 0 Å². The van der Waals surface area contributed by atoms with Crippen molar-refractivity contribution in [3.63, 3.8) is 0 Å². The molecular weight excluding hydrogens is 254 g/mol. The third-order valence-corrected chi connectivity index (χ3v) is 3.55. The molecule has 4 nitrogen and oxygen atoms in total.